The van der Waals surface area contributed by atoms with E-state index in [0.29, 0.717) is 31.0 Å². The third-order valence-corrected chi connectivity index (χ3v) is 6.49. The third kappa shape index (κ3) is 4.89. The number of nitrogens with zero attached hydrogens (tertiary/aromatic N) is 4. The molecule has 0 saturated carbocycles. The molecule has 2 aromatic carbocycles. The number of likely N-dealkylation sites (tertiary alicyclic amines) is 1. The molecule has 7 nitrogen and oxygen atoms in total. The first-order chi connectivity index (χ1) is 17.1. The maximum Gasteiger partial charge on any atom is 0.259 e. The Morgan fingerprint density at radius 2 is 1.74 bits per heavy atom. The van der Waals surface area contributed by atoms with Gasteiger partial charge in [-0.25, -0.2) is 4.68 Å². The smallest absolute Gasteiger partial charge is 0.259 e. The zero-order valence-electron chi connectivity index (χ0n) is 19.8. The maximum atomic E-state index is 13.7. The molecule has 1 fully saturated rings. The molecule has 7 heteroatoms. The van der Waals surface area contributed by atoms with Gasteiger partial charge in [-0.3, -0.25) is 9.59 Å². The largest absolute Gasteiger partial charge is 0.352 e. The van der Waals surface area contributed by atoms with E-state index < -0.39 is 0 Å². The summed E-state index contributed by atoms with van der Waals surface area (Å²) in [4.78, 5) is 28.4. The molecule has 178 valence electrons. The van der Waals surface area contributed by atoms with Crippen molar-refractivity contribution in [2.45, 2.75) is 26.3 Å². The number of hydrogen-bond donors (Lipinski definition) is 1. The highest BCUT2D eigenvalue weighted by Gasteiger charge is 2.31. The Morgan fingerprint density at radius 1 is 1.00 bits per heavy atom. The highest BCUT2D eigenvalue weighted by atomic mass is 16.2. The molecule has 1 aliphatic rings. The maximum absolute atomic E-state index is 13.7. The molecule has 1 atom stereocenters. The van der Waals surface area contributed by atoms with Gasteiger partial charge >= 0.3 is 0 Å². The number of carbonyl (C=O) groups excluding carboxylic acids is 2. The molecule has 1 N–H and O–H groups in total. The number of carbonyl (C=O) groups is 2. The summed E-state index contributed by atoms with van der Waals surface area (Å²) in [5, 5.41) is 7.60. The van der Waals surface area contributed by atoms with Gasteiger partial charge in [0.15, 0.2) is 5.82 Å². The van der Waals surface area contributed by atoms with Crippen molar-refractivity contribution in [2.24, 2.45) is 5.92 Å². The second-order valence-corrected chi connectivity index (χ2v) is 9.01. The summed E-state index contributed by atoms with van der Waals surface area (Å²) in [6, 6.07) is 21.8. The standard InChI is InChI=1S/C28H29N5O2/c1-21-11-13-22(14-12-21)18-29-26(34)23-8-7-17-32(20-23)28(35)25-19-30-33(24-9-3-2-4-10-24)27(25)31-15-5-6-16-31/h2-6,9-16,19,23H,7-8,17-18,20H2,1H3,(H,29,34)/t23-/m0/s1. The highest BCUT2D eigenvalue weighted by Crippen LogP contribution is 2.24. The van der Waals surface area contributed by atoms with Crippen LogP contribution in [0.1, 0.15) is 34.3 Å². The first-order valence-electron chi connectivity index (χ1n) is 12.0. The van der Waals surface area contributed by atoms with Crippen molar-refractivity contribution in [3.63, 3.8) is 0 Å². The number of benzene rings is 2. The number of piperidine rings is 1. The first-order valence-corrected chi connectivity index (χ1v) is 12.0. The van der Waals surface area contributed by atoms with Crippen molar-refractivity contribution in [3.05, 3.63) is 102 Å². The van der Waals surface area contributed by atoms with Gasteiger partial charge < -0.3 is 14.8 Å². The van der Waals surface area contributed by atoms with Crippen LogP contribution in [0.15, 0.2) is 85.3 Å². The summed E-state index contributed by atoms with van der Waals surface area (Å²) in [7, 11) is 0. The van der Waals surface area contributed by atoms with Crippen LogP contribution in [0.25, 0.3) is 11.5 Å². The second kappa shape index (κ2) is 10.0. The minimum absolute atomic E-state index is 0.00584. The molecule has 1 saturated heterocycles. The van der Waals surface area contributed by atoms with Crippen LogP contribution < -0.4 is 5.32 Å². The molecule has 1 aliphatic heterocycles. The van der Waals surface area contributed by atoms with Gasteiger partial charge in [0, 0.05) is 32.0 Å². The Kier molecular flexibility index (Phi) is 6.48. The van der Waals surface area contributed by atoms with Crippen LogP contribution in [-0.4, -0.2) is 44.2 Å². The van der Waals surface area contributed by atoms with E-state index in [9.17, 15) is 9.59 Å². The fraction of sp³-hybridized carbons (Fsp3) is 0.250. The van der Waals surface area contributed by atoms with Crippen molar-refractivity contribution in [3.8, 4) is 11.5 Å². The number of amides is 2. The average molecular weight is 468 g/mol. The lowest BCUT2D eigenvalue weighted by Gasteiger charge is -2.32. The molecule has 2 amide bonds. The summed E-state index contributed by atoms with van der Waals surface area (Å²) in [6.07, 6.45) is 7.01. The molecule has 3 heterocycles. The highest BCUT2D eigenvalue weighted by molar-refractivity contribution is 5.97. The van der Waals surface area contributed by atoms with E-state index >= 15 is 0 Å². The molecule has 35 heavy (non-hydrogen) atoms. The van der Waals surface area contributed by atoms with Crippen LogP contribution in [0.2, 0.25) is 0 Å². The molecule has 0 aliphatic carbocycles. The van der Waals surface area contributed by atoms with Crippen LogP contribution in [-0.2, 0) is 11.3 Å². The van der Waals surface area contributed by atoms with Crippen molar-refractivity contribution < 1.29 is 9.59 Å². The van der Waals surface area contributed by atoms with Gasteiger partial charge in [0.25, 0.3) is 5.91 Å². The zero-order valence-corrected chi connectivity index (χ0v) is 19.8. The van der Waals surface area contributed by atoms with Crippen LogP contribution in [0.3, 0.4) is 0 Å². The number of rotatable bonds is 6. The van der Waals surface area contributed by atoms with Gasteiger partial charge in [-0.2, -0.15) is 5.10 Å². The Hall–Kier alpha value is -4.13. The number of hydrogen-bond acceptors (Lipinski definition) is 3. The lowest BCUT2D eigenvalue weighted by Crippen LogP contribution is -2.45. The fourth-order valence-electron chi connectivity index (χ4n) is 4.56. The quantitative estimate of drug-likeness (QED) is 0.463. The number of para-hydroxylation sites is 1. The van der Waals surface area contributed by atoms with E-state index in [1.807, 2.05) is 90.6 Å². The topological polar surface area (TPSA) is 72.2 Å². The summed E-state index contributed by atoms with van der Waals surface area (Å²) >= 11 is 0. The minimum atomic E-state index is -0.225. The van der Waals surface area contributed by atoms with Crippen LogP contribution >= 0.6 is 0 Å². The van der Waals surface area contributed by atoms with Crippen molar-refractivity contribution >= 4 is 11.8 Å². The van der Waals surface area contributed by atoms with Gasteiger partial charge in [-0.1, -0.05) is 48.0 Å². The lowest BCUT2D eigenvalue weighted by molar-refractivity contribution is -0.126. The Bertz CT molecular complexity index is 1290. The van der Waals surface area contributed by atoms with E-state index in [4.69, 9.17) is 0 Å². The Morgan fingerprint density at radius 3 is 2.49 bits per heavy atom. The van der Waals surface area contributed by atoms with E-state index in [0.717, 1.165) is 24.1 Å². The van der Waals surface area contributed by atoms with E-state index in [1.54, 1.807) is 15.8 Å². The zero-order chi connectivity index (χ0) is 24.2. The SMILES string of the molecule is Cc1ccc(CNC(=O)[C@H]2CCCN(C(=O)c3cnn(-c4ccccc4)c3-n3cccc3)C2)cc1. The van der Waals surface area contributed by atoms with Gasteiger partial charge in [0.1, 0.15) is 5.56 Å². The van der Waals surface area contributed by atoms with E-state index in [-0.39, 0.29) is 17.7 Å². The molecular weight excluding hydrogens is 438 g/mol. The number of aryl methyl sites for hydroxylation is 1. The Labute approximate surface area is 205 Å². The molecule has 0 spiro atoms. The molecule has 2 aromatic heterocycles. The average Bonchev–Trinajstić information content (AvgIpc) is 3.58. The summed E-state index contributed by atoms with van der Waals surface area (Å²) in [6.45, 7) is 3.56. The van der Waals surface area contributed by atoms with Gasteiger partial charge in [0.05, 0.1) is 17.8 Å². The van der Waals surface area contributed by atoms with Crippen molar-refractivity contribution in [1.82, 2.24) is 24.6 Å². The number of aromatic nitrogens is 3. The summed E-state index contributed by atoms with van der Waals surface area (Å²) in [5.74, 6) is 0.357. The predicted molar refractivity (Wildman–Crippen MR) is 135 cm³/mol. The predicted octanol–water partition coefficient (Wildman–Crippen LogP) is 4.14. The van der Waals surface area contributed by atoms with Gasteiger partial charge in [0.2, 0.25) is 5.91 Å². The van der Waals surface area contributed by atoms with Crippen LogP contribution in [0.4, 0.5) is 0 Å². The monoisotopic (exact) mass is 467 g/mol. The molecule has 0 unspecified atom stereocenters. The molecule has 0 radical (unpaired) electrons. The molecular formula is C28H29N5O2. The second-order valence-electron chi connectivity index (χ2n) is 9.01. The summed E-state index contributed by atoms with van der Waals surface area (Å²) < 4.78 is 3.69. The van der Waals surface area contributed by atoms with Crippen LogP contribution in [0.5, 0.6) is 0 Å². The van der Waals surface area contributed by atoms with Crippen LogP contribution in [0, 0.1) is 12.8 Å². The molecule has 0 bridgehead atoms. The fourth-order valence-corrected chi connectivity index (χ4v) is 4.56. The normalized spacial score (nSPS) is 15.7. The van der Waals surface area contributed by atoms with Gasteiger partial charge in [-0.05, 0) is 49.6 Å². The third-order valence-electron chi connectivity index (χ3n) is 6.49. The van der Waals surface area contributed by atoms with Crippen molar-refractivity contribution in [2.75, 3.05) is 13.1 Å². The first kappa shape index (κ1) is 22.7. The Balaban J connectivity index is 1.33. The van der Waals surface area contributed by atoms with E-state index in [2.05, 4.69) is 10.4 Å². The lowest BCUT2D eigenvalue weighted by atomic mass is 9.96. The van der Waals surface area contributed by atoms with Gasteiger partial charge in [-0.15, -0.1) is 0 Å². The molecule has 5 rings (SSSR count). The summed E-state index contributed by atoms with van der Waals surface area (Å²) in [5.41, 5.74) is 3.65. The molecule has 4 aromatic rings. The minimum Gasteiger partial charge on any atom is -0.352 e. The van der Waals surface area contributed by atoms with Crippen molar-refractivity contribution in [1.29, 1.82) is 0 Å². The number of nitrogens with one attached hydrogen (secondary N) is 1. The van der Waals surface area contributed by atoms with E-state index in [1.165, 1.54) is 5.56 Å².